The van der Waals surface area contributed by atoms with Gasteiger partial charge in [0.15, 0.2) is 0 Å². The highest BCUT2D eigenvalue weighted by molar-refractivity contribution is 6.21. The van der Waals surface area contributed by atoms with Gasteiger partial charge in [0.05, 0.1) is 7.11 Å². The van der Waals surface area contributed by atoms with Crippen molar-refractivity contribution in [3.05, 3.63) is 29.3 Å². The van der Waals surface area contributed by atoms with Crippen LogP contribution in [0.3, 0.4) is 0 Å². The monoisotopic (exact) mass is 238 g/mol. The Balaban J connectivity index is 2.23. The summed E-state index contributed by atoms with van der Waals surface area (Å²) in [7, 11) is 1.73. The molecule has 16 heavy (non-hydrogen) atoms. The van der Waals surface area contributed by atoms with Gasteiger partial charge in [-0.15, -0.1) is 11.6 Å². The molecule has 0 radical (unpaired) electrons. The van der Waals surface area contributed by atoms with Crippen LogP contribution in [-0.2, 0) is 6.42 Å². The molecule has 2 rings (SSSR count). The van der Waals surface area contributed by atoms with E-state index in [1.807, 2.05) is 0 Å². The Labute approximate surface area is 103 Å². The Morgan fingerprint density at radius 2 is 2.12 bits per heavy atom. The van der Waals surface area contributed by atoms with Gasteiger partial charge in [0, 0.05) is 5.38 Å². The van der Waals surface area contributed by atoms with Crippen LogP contribution in [-0.4, -0.2) is 12.5 Å². The summed E-state index contributed by atoms with van der Waals surface area (Å²) >= 11 is 6.28. The number of hydrogen-bond acceptors (Lipinski definition) is 1. The third-order valence-corrected chi connectivity index (χ3v) is 4.18. The van der Waals surface area contributed by atoms with Crippen LogP contribution in [0.2, 0.25) is 0 Å². The van der Waals surface area contributed by atoms with Crippen LogP contribution in [0.1, 0.15) is 30.9 Å². The summed E-state index contributed by atoms with van der Waals surface area (Å²) in [4.78, 5) is 0. The van der Waals surface area contributed by atoms with Gasteiger partial charge in [0.1, 0.15) is 5.75 Å². The van der Waals surface area contributed by atoms with Crippen molar-refractivity contribution >= 4 is 11.6 Å². The number of ether oxygens (including phenoxy) is 1. The molecule has 0 amide bonds. The van der Waals surface area contributed by atoms with Crippen LogP contribution in [0.25, 0.3) is 0 Å². The van der Waals surface area contributed by atoms with Gasteiger partial charge in [0.25, 0.3) is 0 Å². The Kier molecular flexibility index (Phi) is 3.16. The van der Waals surface area contributed by atoms with Crippen LogP contribution >= 0.6 is 11.6 Å². The maximum Gasteiger partial charge on any atom is 0.122 e. The molecular formula is C14H19ClO. The highest BCUT2D eigenvalue weighted by Crippen LogP contribution is 2.54. The normalized spacial score (nSPS) is 19.2. The van der Waals surface area contributed by atoms with Crippen molar-refractivity contribution < 1.29 is 4.74 Å². The SMILES string of the molecule is COc1ccc(C)cc1CC1(C(C)Cl)CC1. The van der Waals surface area contributed by atoms with Gasteiger partial charge in [-0.1, -0.05) is 17.7 Å². The minimum atomic E-state index is 0.248. The molecule has 1 aromatic carbocycles. The van der Waals surface area contributed by atoms with Crippen molar-refractivity contribution in [2.75, 3.05) is 7.11 Å². The molecule has 1 atom stereocenters. The van der Waals surface area contributed by atoms with E-state index in [0.717, 1.165) is 12.2 Å². The van der Waals surface area contributed by atoms with Crippen LogP contribution in [0.5, 0.6) is 5.75 Å². The lowest BCUT2D eigenvalue weighted by atomic mass is 9.92. The standard InChI is InChI=1S/C14H19ClO/c1-10-4-5-13(16-3)12(8-10)9-14(6-7-14)11(2)15/h4-5,8,11H,6-7,9H2,1-3H3. The fourth-order valence-electron chi connectivity index (χ4n) is 2.30. The molecule has 0 bridgehead atoms. The molecule has 1 saturated carbocycles. The zero-order valence-corrected chi connectivity index (χ0v) is 11.0. The van der Waals surface area contributed by atoms with Gasteiger partial charge in [-0.05, 0) is 50.2 Å². The summed E-state index contributed by atoms with van der Waals surface area (Å²) in [6.07, 6.45) is 3.53. The lowest BCUT2D eigenvalue weighted by molar-refractivity contribution is 0.400. The van der Waals surface area contributed by atoms with Crippen molar-refractivity contribution in [1.82, 2.24) is 0 Å². The van der Waals surface area contributed by atoms with E-state index in [1.54, 1.807) is 7.11 Å². The molecule has 0 heterocycles. The molecule has 1 fully saturated rings. The van der Waals surface area contributed by atoms with Crippen LogP contribution in [0, 0.1) is 12.3 Å². The second kappa shape index (κ2) is 4.29. The van der Waals surface area contributed by atoms with Gasteiger partial charge < -0.3 is 4.74 Å². The number of rotatable bonds is 4. The zero-order chi connectivity index (χ0) is 11.8. The fourth-order valence-corrected chi connectivity index (χ4v) is 2.60. The number of aryl methyl sites for hydroxylation is 1. The van der Waals surface area contributed by atoms with Gasteiger partial charge in [-0.25, -0.2) is 0 Å². The van der Waals surface area contributed by atoms with E-state index >= 15 is 0 Å². The van der Waals surface area contributed by atoms with Crippen molar-refractivity contribution in [3.8, 4) is 5.75 Å². The summed E-state index contributed by atoms with van der Waals surface area (Å²) in [5, 5.41) is 0.248. The fraction of sp³-hybridized carbons (Fsp3) is 0.571. The predicted octanol–water partition coefficient (Wildman–Crippen LogP) is 3.95. The molecule has 0 spiro atoms. The minimum absolute atomic E-state index is 0.248. The summed E-state index contributed by atoms with van der Waals surface area (Å²) < 4.78 is 5.41. The first-order chi connectivity index (χ1) is 7.57. The Hall–Kier alpha value is -0.690. The summed E-state index contributed by atoms with van der Waals surface area (Å²) in [6.45, 7) is 4.23. The molecule has 1 aliphatic rings. The Morgan fingerprint density at radius 3 is 2.62 bits per heavy atom. The highest BCUT2D eigenvalue weighted by atomic mass is 35.5. The average Bonchev–Trinajstić information content (AvgIpc) is 2.99. The number of halogens is 1. The molecule has 2 heteroatoms. The van der Waals surface area contributed by atoms with E-state index in [1.165, 1.54) is 24.0 Å². The first kappa shape index (κ1) is 11.8. The maximum absolute atomic E-state index is 6.28. The molecule has 0 N–H and O–H groups in total. The highest BCUT2D eigenvalue weighted by Gasteiger charge is 2.46. The van der Waals surface area contributed by atoms with E-state index in [9.17, 15) is 0 Å². The smallest absolute Gasteiger partial charge is 0.122 e. The van der Waals surface area contributed by atoms with Crippen LogP contribution in [0.15, 0.2) is 18.2 Å². The van der Waals surface area contributed by atoms with Gasteiger partial charge >= 0.3 is 0 Å². The second-order valence-corrected chi connectivity index (χ2v) is 5.63. The predicted molar refractivity (Wildman–Crippen MR) is 68.4 cm³/mol. The minimum Gasteiger partial charge on any atom is -0.496 e. The molecule has 0 saturated heterocycles. The third kappa shape index (κ3) is 2.20. The van der Waals surface area contributed by atoms with Gasteiger partial charge in [0.2, 0.25) is 0 Å². The molecule has 1 nitrogen and oxygen atoms in total. The van der Waals surface area contributed by atoms with Gasteiger partial charge in [-0.3, -0.25) is 0 Å². The quantitative estimate of drug-likeness (QED) is 0.722. The van der Waals surface area contributed by atoms with Crippen molar-refractivity contribution in [3.63, 3.8) is 0 Å². The lowest BCUT2D eigenvalue weighted by Gasteiger charge is -2.19. The van der Waals surface area contributed by atoms with E-state index in [2.05, 4.69) is 32.0 Å². The topological polar surface area (TPSA) is 9.23 Å². The van der Waals surface area contributed by atoms with Crippen molar-refractivity contribution in [2.24, 2.45) is 5.41 Å². The second-order valence-electron chi connectivity index (χ2n) is 4.97. The summed E-state index contributed by atoms with van der Waals surface area (Å²) in [5.74, 6) is 0.995. The number of benzene rings is 1. The Bertz CT molecular complexity index is 380. The summed E-state index contributed by atoms with van der Waals surface area (Å²) in [6, 6.07) is 6.36. The average molecular weight is 239 g/mol. The first-order valence-corrected chi connectivity index (χ1v) is 6.29. The molecule has 88 valence electrons. The Morgan fingerprint density at radius 1 is 1.44 bits per heavy atom. The molecule has 1 aliphatic carbocycles. The number of alkyl halides is 1. The van der Waals surface area contributed by atoms with E-state index in [-0.39, 0.29) is 5.38 Å². The number of methoxy groups -OCH3 is 1. The van der Waals surface area contributed by atoms with E-state index < -0.39 is 0 Å². The van der Waals surface area contributed by atoms with E-state index in [0.29, 0.717) is 5.41 Å². The van der Waals surface area contributed by atoms with Gasteiger partial charge in [-0.2, -0.15) is 0 Å². The maximum atomic E-state index is 6.28. The molecule has 1 unspecified atom stereocenters. The molecule has 0 aromatic heterocycles. The first-order valence-electron chi connectivity index (χ1n) is 5.85. The molecular weight excluding hydrogens is 220 g/mol. The zero-order valence-electron chi connectivity index (χ0n) is 10.2. The van der Waals surface area contributed by atoms with Crippen molar-refractivity contribution in [2.45, 2.75) is 38.5 Å². The van der Waals surface area contributed by atoms with E-state index in [4.69, 9.17) is 16.3 Å². The van der Waals surface area contributed by atoms with Crippen LogP contribution in [0.4, 0.5) is 0 Å². The third-order valence-electron chi connectivity index (χ3n) is 3.71. The molecule has 1 aromatic rings. The van der Waals surface area contributed by atoms with Crippen molar-refractivity contribution in [1.29, 1.82) is 0 Å². The molecule has 0 aliphatic heterocycles. The summed E-state index contributed by atoms with van der Waals surface area (Å²) in [5.41, 5.74) is 2.91. The van der Waals surface area contributed by atoms with Crippen LogP contribution < -0.4 is 4.74 Å². The largest absolute Gasteiger partial charge is 0.496 e. The lowest BCUT2D eigenvalue weighted by Crippen LogP contribution is -2.16. The number of hydrogen-bond donors (Lipinski definition) is 0.